The molecule has 2 aliphatic rings. The first-order chi connectivity index (χ1) is 12.1. The van der Waals surface area contributed by atoms with Gasteiger partial charge in [-0.1, -0.05) is 0 Å². The number of nitrogens with one attached hydrogen (secondary N) is 1. The molecular formula is C17H30N4O4. The van der Waals surface area contributed by atoms with Crippen molar-refractivity contribution in [2.75, 3.05) is 66.0 Å². The van der Waals surface area contributed by atoms with Gasteiger partial charge in [0.25, 0.3) is 0 Å². The highest BCUT2D eigenvalue weighted by Crippen LogP contribution is 2.09. The average Bonchev–Trinajstić information content (AvgIpc) is 3.15. The van der Waals surface area contributed by atoms with Crippen LogP contribution in [0.5, 0.6) is 0 Å². The Balaban J connectivity index is 1.56. The zero-order valence-electron chi connectivity index (χ0n) is 15.2. The maximum absolute atomic E-state index is 12.2. The fourth-order valence-corrected chi connectivity index (χ4v) is 3.18. The second-order valence-electron chi connectivity index (χ2n) is 6.67. The summed E-state index contributed by atoms with van der Waals surface area (Å²) in [5.74, 6) is -0.0467. The summed E-state index contributed by atoms with van der Waals surface area (Å²) in [6, 6.07) is 0. The van der Waals surface area contributed by atoms with Crippen molar-refractivity contribution in [2.24, 2.45) is 0 Å². The van der Waals surface area contributed by atoms with Crippen molar-refractivity contribution >= 4 is 17.8 Å². The molecule has 2 rings (SSSR count). The molecule has 2 amide bonds. The van der Waals surface area contributed by atoms with Crippen LogP contribution in [0.1, 0.15) is 25.7 Å². The molecule has 0 aromatic heterocycles. The van der Waals surface area contributed by atoms with Crippen molar-refractivity contribution < 1.29 is 19.1 Å². The molecule has 0 aliphatic carbocycles. The van der Waals surface area contributed by atoms with Crippen molar-refractivity contribution in [3.63, 3.8) is 0 Å². The van der Waals surface area contributed by atoms with Crippen LogP contribution in [0.15, 0.2) is 0 Å². The first-order valence-corrected chi connectivity index (χ1v) is 9.14. The standard InChI is InChI=1S/C17H30N4O4/c1-25-17(24)5-4-6-18-15(22)13-19-9-11-20(12-10-19)14-16(23)21-7-2-3-8-21/h2-14H2,1H3,(H,18,22). The number of carbonyl (C=O) groups is 3. The molecule has 0 saturated carbocycles. The van der Waals surface area contributed by atoms with E-state index in [1.807, 2.05) is 4.90 Å². The third-order valence-corrected chi connectivity index (χ3v) is 4.76. The lowest BCUT2D eigenvalue weighted by atomic mass is 10.3. The Hall–Kier alpha value is -1.67. The smallest absolute Gasteiger partial charge is 0.305 e. The number of nitrogens with zero attached hydrogens (tertiary/aromatic N) is 3. The maximum atomic E-state index is 12.2. The molecule has 0 unspecified atom stereocenters. The minimum atomic E-state index is -0.256. The maximum Gasteiger partial charge on any atom is 0.305 e. The number of rotatable bonds is 8. The molecule has 2 saturated heterocycles. The second kappa shape index (κ2) is 10.4. The quantitative estimate of drug-likeness (QED) is 0.458. The lowest BCUT2D eigenvalue weighted by Crippen LogP contribution is -2.51. The number of hydrogen-bond acceptors (Lipinski definition) is 6. The highest BCUT2D eigenvalue weighted by molar-refractivity contribution is 5.79. The molecule has 0 aromatic rings. The Bertz CT molecular complexity index is 458. The molecule has 0 aromatic carbocycles. The number of likely N-dealkylation sites (tertiary alicyclic amines) is 1. The molecule has 8 heteroatoms. The number of amides is 2. The summed E-state index contributed by atoms with van der Waals surface area (Å²) in [5, 5.41) is 2.83. The number of methoxy groups -OCH3 is 1. The Kier molecular flexibility index (Phi) is 8.14. The van der Waals surface area contributed by atoms with Crippen molar-refractivity contribution in [3.05, 3.63) is 0 Å². The van der Waals surface area contributed by atoms with E-state index in [0.29, 0.717) is 32.5 Å². The fraction of sp³-hybridized carbons (Fsp3) is 0.824. The van der Waals surface area contributed by atoms with E-state index in [1.165, 1.54) is 7.11 Å². The molecule has 8 nitrogen and oxygen atoms in total. The van der Waals surface area contributed by atoms with Crippen molar-refractivity contribution in [1.29, 1.82) is 0 Å². The van der Waals surface area contributed by atoms with Crippen LogP contribution >= 0.6 is 0 Å². The third kappa shape index (κ3) is 6.99. The zero-order valence-corrected chi connectivity index (χ0v) is 15.2. The summed E-state index contributed by atoms with van der Waals surface area (Å²) in [5.41, 5.74) is 0. The summed E-state index contributed by atoms with van der Waals surface area (Å²) < 4.78 is 4.56. The van der Waals surface area contributed by atoms with Gasteiger partial charge in [0.1, 0.15) is 0 Å². The normalized spacial score (nSPS) is 19.0. The largest absolute Gasteiger partial charge is 0.469 e. The van der Waals surface area contributed by atoms with Crippen LogP contribution in [0.4, 0.5) is 0 Å². The SMILES string of the molecule is COC(=O)CCCNC(=O)CN1CCN(CC(=O)N2CCCC2)CC1. The van der Waals surface area contributed by atoms with Crippen LogP contribution in [-0.4, -0.2) is 98.5 Å². The van der Waals surface area contributed by atoms with Gasteiger partial charge in [-0.3, -0.25) is 24.2 Å². The second-order valence-corrected chi connectivity index (χ2v) is 6.67. The van der Waals surface area contributed by atoms with Gasteiger partial charge in [-0.25, -0.2) is 0 Å². The van der Waals surface area contributed by atoms with E-state index in [2.05, 4.69) is 19.9 Å². The Labute approximate surface area is 149 Å². The number of esters is 1. The number of carbonyl (C=O) groups excluding carboxylic acids is 3. The highest BCUT2D eigenvalue weighted by Gasteiger charge is 2.24. The summed E-state index contributed by atoms with van der Waals surface area (Å²) in [4.78, 5) is 41.3. The van der Waals surface area contributed by atoms with Crippen molar-refractivity contribution in [2.45, 2.75) is 25.7 Å². The summed E-state index contributed by atoms with van der Waals surface area (Å²) in [6.45, 7) is 6.36. The minimum absolute atomic E-state index is 0.0218. The van der Waals surface area contributed by atoms with E-state index in [-0.39, 0.29) is 17.8 Å². The van der Waals surface area contributed by atoms with Crippen LogP contribution in [0.2, 0.25) is 0 Å². The average molecular weight is 354 g/mol. The van der Waals surface area contributed by atoms with E-state index < -0.39 is 0 Å². The van der Waals surface area contributed by atoms with Gasteiger partial charge in [0, 0.05) is 52.2 Å². The number of piperazine rings is 1. The van der Waals surface area contributed by atoms with E-state index in [9.17, 15) is 14.4 Å². The molecule has 2 aliphatic heterocycles. The molecule has 0 spiro atoms. The predicted octanol–water partition coefficient (Wildman–Crippen LogP) is -0.704. The molecule has 25 heavy (non-hydrogen) atoms. The first kappa shape index (κ1) is 19.7. The van der Waals surface area contributed by atoms with Gasteiger partial charge in [0.15, 0.2) is 0 Å². The number of ether oxygens (including phenoxy) is 1. The van der Waals surface area contributed by atoms with Crippen molar-refractivity contribution in [1.82, 2.24) is 20.0 Å². The predicted molar refractivity (Wildman–Crippen MR) is 93.0 cm³/mol. The Morgan fingerprint density at radius 2 is 1.52 bits per heavy atom. The molecule has 0 bridgehead atoms. The van der Waals surface area contributed by atoms with E-state index >= 15 is 0 Å². The highest BCUT2D eigenvalue weighted by atomic mass is 16.5. The molecule has 142 valence electrons. The van der Waals surface area contributed by atoms with E-state index in [0.717, 1.165) is 52.1 Å². The minimum Gasteiger partial charge on any atom is -0.469 e. The molecule has 2 fully saturated rings. The first-order valence-electron chi connectivity index (χ1n) is 9.14. The summed E-state index contributed by atoms with van der Waals surface area (Å²) in [7, 11) is 1.36. The van der Waals surface area contributed by atoms with Crippen LogP contribution < -0.4 is 5.32 Å². The van der Waals surface area contributed by atoms with Gasteiger partial charge < -0.3 is 15.0 Å². The molecule has 0 atom stereocenters. The van der Waals surface area contributed by atoms with Gasteiger partial charge in [0.2, 0.25) is 11.8 Å². The van der Waals surface area contributed by atoms with Crippen LogP contribution in [0, 0.1) is 0 Å². The van der Waals surface area contributed by atoms with E-state index in [4.69, 9.17) is 0 Å². The molecule has 1 N–H and O–H groups in total. The lowest BCUT2D eigenvalue weighted by Gasteiger charge is -2.34. The van der Waals surface area contributed by atoms with Crippen molar-refractivity contribution in [3.8, 4) is 0 Å². The third-order valence-electron chi connectivity index (χ3n) is 4.76. The van der Waals surface area contributed by atoms with E-state index in [1.54, 1.807) is 0 Å². The van der Waals surface area contributed by atoms with Gasteiger partial charge in [-0.05, 0) is 19.3 Å². The van der Waals surface area contributed by atoms with Gasteiger partial charge in [-0.2, -0.15) is 0 Å². The molecule has 0 radical (unpaired) electrons. The van der Waals surface area contributed by atoms with Gasteiger partial charge >= 0.3 is 5.97 Å². The zero-order chi connectivity index (χ0) is 18.1. The van der Waals surface area contributed by atoms with Gasteiger partial charge in [0.05, 0.1) is 20.2 Å². The van der Waals surface area contributed by atoms with Gasteiger partial charge in [-0.15, -0.1) is 0 Å². The topological polar surface area (TPSA) is 82.2 Å². The summed E-state index contributed by atoms with van der Waals surface area (Å²) >= 11 is 0. The fourth-order valence-electron chi connectivity index (χ4n) is 3.18. The Morgan fingerprint density at radius 1 is 0.920 bits per heavy atom. The lowest BCUT2D eigenvalue weighted by molar-refractivity contribution is -0.140. The van der Waals surface area contributed by atoms with Crippen LogP contribution in [-0.2, 0) is 19.1 Å². The van der Waals surface area contributed by atoms with Crippen LogP contribution in [0.25, 0.3) is 0 Å². The summed E-state index contributed by atoms with van der Waals surface area (Å²) in [6.07, 6.45) is 3.15. The monoisotopic (exact) mass is 354 g/mol. The number of hydrogen-bond donors (Lipinski definition) is 1. The molecular weight excluding hydrogens is 324 g/mol. The molecule has 2 heterocycles. The Morgan fingerprint density at radius 3 is 2.12 bits per heavy atom. The van der Waals surface area contributed by atoms with Crippen LogP contribution in [0.3, 0.4) is 0 Å².